The van der Waals surface area contributed by atoms with Crippen molar-refractivity contribution in [2.45, 2.75) is 6.61 Å². The van der Waals surface area contributed by atoms with E-state index in [0.29, 0.717) is 11.7 Å². The quantitative estimate of drug-likeness (QED) is 0.338. The molecule has 1 N–H and O–H groups in total. The Morgan fingerprint density at radius 3 is 2.72 bits per heavy atom. The lowest BCUT2D eigenvalue weighted by atomic mass is 10.1. The average Bonchev–Trinajstić information content (AvgIpc) is 3.23. The topological polar surface area (TPSA) is 75.5 Å². The molecule has 2 aromatic carbocycles. The molecule has 0 radical (unpaired) electrons. The minimum atomic E-state index is -0.263. The highest BCUT2D eigenvalue weighted by molar-refractivity contribution is 6.01. The van der Waals surface area contributed by atoms with Crippen molar-refractivity contribution in [3.8, 4) is 17.3 Å². The monoisotopic (exact) mass is 484 g/mol. The second-order valence-electron chi connectivity index (χ2n) is 8.95. The van der Waals surface area contributed by atoms with Crippen molar-refractivity contribution >= 4 is 28.2 Å². The first kappa shape index (κ1) is 24.9. The van der Waals surface area contributed by atoms with Crippen LogP contribution in [0.25, 0.3) is 22.2 Å². The first-order chi connectivity index (χ1) is 17.4. The Balaban J connectivity index is 1.54. The molecule has 0 aliphatic rings. The maximum atomic E-state index is 12.1. The third-order valence-electron chi connectivity index (χ3n) is 5.97. The molecule has 186 valence electrons. The number of nitrogens with one attached hydrogen (secondary N) is 1. The summed E-state index contributed by atoms with van der Waals surface area (Å²) in [6.45, 7) is 5.53. The SMILES string of the molecule is C=CC(=O)Nc1cc(COc2nccc(-c3cn(C)c4ccccc34)n2)ccc1N(C)CCN(C)C. The van der Waals surface area contributed by atoms with Crippen LogP contribution in [0, 0.1) is 0 Å². The second kappa shape index (κ2) is 11.0. The third kappa shape index (κ3) is 5.72. The van der Waals surface area contributed by atoms with E-state index in [0.717, 1.165) is 46.5 Å². The number of amides is 1. The van der Waals surface area contributed by atoms with Gasteiger partial charge in [-0.1, -0.05) is 30.8 Å². The molecule has 0 saturated heterocycles. The lowest BCUT2D eigenvalue weighted by Crippen LogP contribution is -2.29. The molecule has 0 unspecified atom stereocenters. The molecule has 0 fully saturated rings. The number of carbonyl (C=O) groups is 1. The lowest BCUT2D eigenvalue weighted by molar-refractivity contribution is -0.111. The normalized spacial score (nSPS) is 11.0. The molecule has 0 bridgehead atoms. The number of ether oxygens (including phenoxy) is 1. The molecule has 8 heteroatoms. The molecule has 8 nitrogen and oxygen atoms in total. The Hall–Kier alpha value is -4.17. The van der Waals surface area contributed by atoms with E-state index in [1.165, 1.54) is 6.08 Å². The second-order valence-corrected chi connectivity index (χ2v) is 8.95. The summed E-state index contributed by atoms with van der Waals surface area (Å²) in [7, 11) is 8.10. The first-order valence-corrected chi connectivity index (χ1v) is 11.8. The summed E-state index contributed by atoms with van der Waals surface area (Å²) < 4.78 is 8.04. The summed E-state index contributed by atoms with van der Waals surface area (Å²) in [5.74, 6) is -0.263. The molecule has 0 saturated carbocycles. The van der Waals surface area contributed by atoms with Gasteiger partial charge in [0.05, 0.1) is 17.1 Å². The summed E-state index contributed by atoms with van der Waals surface area (Å²) in [4.78, 5) is 25.3. The highest BCUT2D eigenvalue weighted by Gasteiger charge is 2.13. The number of rotatable bonds is 10. The van der Waals surface area contributed by atoms with E-state index in [-0.39, 0.29) is 12.5 Å². The standard InChI is InChI=1S/C28H32N6O2/c1-6-27(35)30-24-17-20(11-12-26(24)33(4)16-15-32(2)3)19-36-28-29-14-13-23(31-28)22-18-34(5)25-10-8-7-9-21(22)25/h6-14,17-18H,1,15-16,19H2,2-5H3,(H,30,35). The van der Waals surface area contributed by atoms with Crippen molar-refractivity contribution in [2.75, 3.05) is 44.4 Å². The van der Waals surface area contributed by atoms with Gasteiger partial charge in [-0.3, -0.25) is 4.79 Å². The summed E-state index contributed by atoms with van der Waals surface area (Å²) in [5, 5.41) is 4.04. The predicted molar refractivity (Wildman–Crippen MR) is 145 cm³/mol. The van der Waals surface area contributed by atoms with Gasteiger partial charge in [0.2, 0.25) is 5.91 Å². The maximum Gasteiger partial charge on any atom is 0.317 e. The van der Waals surface area contributed by atoms with Crippen LogP contribution in [0.15, 0.2) is 73.6 Å². The van der Waals surface area contributed by atoms with Crippen molar-refractivity contribution < 1.29 is 9.53 Å². The zero-order chi connectivity index (χ0) is 25.7. The highest BCUT2D eigenvalue weighted by Crippen LogP contribution is 2.30. The fourth-order valence-electron chi connectivity index (χ4n) is 4.01. The number of para-hydroxylation sites is 1. The number of hydrogen-bond donors (Lipinski definition) is 1. The number of aromatic nitrogens is 3. The van der Waals surface area contributed by atoms with Crippen molar-refractivity contribution in [3.63, 3.8) is 0 Å². The molecule has 1 amide bonds. The molecule has 0 aliphatic carbocycles. The average molecular weight is 485 g/mol. The van der Waals surface area contributed by atoms with Gasteiger partial charge in [0.15, 0.2) is 0 Å². The van der Waals surface area contributed by atoms with Crippen LogP contribution in [-0.4, -0.2) is 59.6 Å². The summed E-state index contributed by atoms with van der Waals surface area (Å²) in [6, 6.07) is 16.3. The van der Waals surface area contributed by atoms with Crippen LogP contribution in [-0.2, 0) is 18.4 Å². The number of carbonyl (C=O) groups excluding carboxylic acids is 1. The van der Waals surface area contributed by atoms with Gasteiger partial charge in [-0.15, -0.1) is 0 Å². The Labute approximate surface area is 211 Å². The Kier molecular flexibility index (Phi) is 7.65. The molecule has 4 aromatic rings. The Morgan fingerprint density at radius 2 is 1.94 bits per heavy atom. The zero-order valence-corrected chi connectivity index (χ0v) is 21.2. The van der Waals surface area contributed by atoms with E-state index in [4.69, 9.17) is 4.74 Å². The van der Waals surface area contributed by atoms with E-state index in [9.17, 15) is 4.79 Å². The van der Waals surface area contributed by atoms with Crippen LogP contribution >= 0.6 is 0 Å². The lowest BCUT2D eigenvalue weighted by Gasteiger charge is -2.24. The fraction of sp³-hybridized carbons (Fsp3) is 0.250. The third-order valence-corrected chi connectivity index (χ3v) is 5.97. The van der Waals surface area contributed by atoms with E-state index in [2.05, 4.69) is 54.6 Å². The smallest absolute Gasteiger partial charge is 0.317 e. The summed E-state index contributed by atoms with van der Waals surface area (Å²) >= 11 is 0. The summed E-state index contributed by atoms with van der Waals surface area (Å²) in [6.07, 6.45) is 5.04. The Morgan fingerprint density at radius 1 is 1.14 bits per heavy atom. The Bertz CT molecular complexity index is 1380. The van der Waals surface area contributed by atoms with Crippen LogP contribution in [0.1, 0.15) is 5.56 Å². The number of anilines is 2. The van der Waals surface area contributed by atoms with E-state index in [1.807, 2.05) is 64.6 Å². The van der Waals surface area contributed by atoms with Crippen molar-refractivity contribution in [1.29, 1.82) is 0 Å². The molecule has 4 rings (SSSR count). The number of likely N-dealkylation sites (N-methyl/N-ethyl adjacent to an activating group) is 2. The number of benzene rings is 2. The van der Waals surface area contributed by atoms with Crippen molar-refractivity contribution in [3.05, 3.63) is 79.1 Å². The molecule has 0 aliphatic heterocycles. The molecular weight excluding hydrogens is 452 g/mol. The summed E-state index contributed by atoms with van der Waals surface area (Å²) in [5.41, 5.74) is 5.47. The van der Waals surface area contributed by atoms with E-state index >= 15 is 0 Å². The number of nitrogens with zero attached hydrogens (tertiary/aromatic N) is 5. The molecule has 2 aromatic heterocycles. The number of fused-ring (bicyclic) bond motifs is 1. The first-order valence-electron chi connectivity index (χ1n) is 11.8. The van der Waals surface area contributed by atoms with Gasteiger partial charge in [0.1, 0.15) is 6.61 Å². The van der Waals surface area contributed by atoms with Crippen LogP contribution < -0.4 is 15.0 Å². The van der Waals surface area contributed by atoms with Crippen molar-refractivity contribution in [2.24, 2.45) is 7.05 Å². The van der Waals surface area contributed by atoms with Gasteiger partial charge < -0.3 is 24.4 Å². The van der Waals surface area contributed by atoms with Gasteiger partial charge in [-0.25, -0.2) is 4.98 Å². The predicted octanol–water partition coefficient (Wildman–Crippen LogP) is 4.34. The van der Waals surface area contributed by atoms with Gasteiger partial charge in [-0.2, -0.15) is 4.98 Å². The fourth-order valence-corrected chi connectivity index (χ4v) is 4.01. The van der Waals surface area contributed by atoms with E-state index < -0.39 is 0 Å². The molecule has 0 atom stereocenters. The van der Waals surface area contributed by atoms with Crippen LogP contribution in [0.3, 0.4) is 0 Å². The molecular formula is C28H32N6O2. The zero-order valence-electron chi connectivity index (χ0n) is 21.2. The van der Waals surface area contributed by atoms with Crippen LogP contribution in [0.2, 0.25) is 0 Å². The minimum absolute atomic E-state index is 0.262. The van der Waals surface area contributed by atoms with Crippen LogP contribution in [0.5, 0.6) is 6.01 Å². The van der Waals surface area contributed by atoms with Gasteiger partial charge in [0, 0.05) is 56.0 Å². The van der Waals surface area contributed by atoms with Gasteiger partial charge in [-0.05, 0) is 50.0 Å². The molecule has 36 heavy (non-hydrogen) atoms. The molecule has 0 spiro atoms. The highest BCUT2D eigenvalue weighted by atomic mass is 16.5. The van der Waals surface area contributed by atoms with Gasteiger partial charge in [0.25, 0.3) is 0 Å². The minimum Gasteiger partial charge on any atom is -0.459 e. The largest absolute Gasteiger partial charge is 0.459 e. The molecule has 2 heterocycles. The number of aryl methyl sites for hydroxylation is 1. The van der Waals surface area contributed by atoms with Gasteiger partial charge >= 0.3 is 6.01 Å². The maximum absolute atomic E-state index is 12.1. The van der Waals surface area contributed by atoms with E-state index in [1.54, 1.807) is 6.20 Å². The van der Waals surface area contributed by atoms with Crippen LogP contribution in [0.4, 0.5) is 11.4 Å². The van der Waals surface area contributed by atoms with Crippen molar-refractivity contribution in [1.82, 2.24) is 19.4 Å². The number of hydrogen-bond acceptors (Lipinski definition) is 6.